The van der Waals surface area contributed by atoms with Gasteiger partial charge < -0.3 is 10.2 Å². The monoisotopic (exact) mass is 423 g/mol. The first-order valence-electron chi connectivity index (χ1n) is 9.08. The minimum Gasteiger partial charge on any atom is -0.324 e. The molecule has 5 nitrogen and oxygen atoms in total. The van der Waals surface area contributed by atoms with Gasteiger partial charge in [-0.1, -0.05) is 35.9 Å². The third-order valence-electron chi connectivity index (χ3n) is 4.61. The van der Waals surface area contributed by atoms with E-state index in [4.69, 9.17) is 16.6 Å². The van der Waals surface area contributed by atoms with Crippen LogP contribution >= 0.6 is 22.9 Å². The second kappa shape index (κ2) is 8.19. The molecule has 0 radical (unpaired) electrons. The van der Waals surface area contributed by atoms with Crippen molar-refractivity contribution in [3.63, 3.8) is 0 Å². The number of hydrogen-bond donors (Lipinski definition) is 1. The molecule has 3 aromatic rings. The van der Waals surface area contributed by atoms with Crippen LogP contribution in [-0.2, 0) is 9.59 Å². The molecule has 2 heterocycles. The number of nitrogens with one attached hydrogen (secondary N) is 1. The Kier molecular flexibility index (Phi) is 5.47. The molecular formula is C22H18ClN3O2S. The first-order valence-corrected chi connectivity index (χ1v) is 10.3. The topological polar surface area (TPSA) is 61.8 Å². The Morgan fingerprint density at radius 1 is 1.21 bits per heavy atom. The van der Waals surface area contributed by atoms with Gasteiger partial charge in [-0.3, -0.25) is 9.59 Å². The van der Waals surface area contributed by atoms with Gasteiger partial charge >= 0.3 is 0 Å². The summed E-state index contributed by atoms with van der Waals surface area (Å²) in [6.45, 7) is 1.79. The fraction of sp³-hybridized carbons (Fsp3) is 0.136. The first-order chi connectivity index (χ1) is 14.0. The lowest BCUT2D eigenvalue weighted by Crippen LogP contribution is -2.38. The molecule has 0 bridgehead atoms. The summed E-state index contributed by atoms with van der Waals surface area (Å²) in [5.74, 6) is -0.466. The number of nitrogens with zero attached hydrogens (tertiary/aromatic N) is 2. The molecule has 2 amide bonds. The maximum absolute atomic E-state index is 13.0. The Bertz CT molecular complexity index is 1110. The molecule has 146 valence electrons. The van der Waals surface area contributed by atoms with E-state index in [1.165, 1.54) is 4.90 Å². The van der Waals surface area contributed by atoms with Crippen molar-refractivity contribution in [1.82, 2.24) is 0 Å². The quantitative estimate of drug-likeness (QED) is 0.626. The molecule has 7 heteroatoms. The summed E-state index contributed by atoms with van der Waals surface area (Å²) in [5, 5.41) is 5.35. The number of aliphatic imine (C=N–C) groups is 1. The molecule has 0 unspecified atom stereocenters. The highest BCUT2D eigenvalue weighted by Crippen LogP contribution is 2.33. The fourth-order valence-electron chi connectivity index (χ4n) is 3.12. The highest BCUT2D eigenvalue weighted by molar-refractivity contribution is 7.12. The summed E-state index contributed by atoms with van der Waals surface area (Å²) in [4.78, 5) is 32.8. The van der Waals surface area contributed by atoms with Gasteiger partial charge in [-0.2, -0.15) is 0 Å². The number of hydrogen-bond acceptors (Lipinski definition) is 4. The molecular weight excluding hydrogens is 406 g/mol. The number of para-hydroxylation sites is 2. The normalized spacial score (nSPS) is 13.5. The zero-order valence-electron chi connectivity index (χ0n) is 15.7. The summed E-state index contributed by atoms with van der Waals surface area (Å²) in [7, 11) is 0. The van der Waals surface area contributed by atoms with Gasteiger partial charge in [0.05, 0.1) is 23.5 Å². The molecule has 1 N–H and O–H groups in total. The number of benzene rings is 2. The van der Waals surface area contributed by atoms with Crippen molar-refractivity contribution in [3.05, 3.63) is 75.4 Å². The van der Waals surface area contributed by atoms with E-state index in [1.54, 1.807) is 23.5 Å². The molecule has 4 rings (SSSR count). The van der Waals surface area contributed by atoms with Gasteiger partial charge in [-0.05, 0) is 48.2 Å². The standard InChI is InChI=1S/C22H18ClN3O2S/c1-14-8-9-15(11-16(14)23)24-21(27)13-26-19-6-3-2-5-17(19)25-18(12-22(26)28)20-7-4-10-29-20/h2-11H,12-13H2,1H3,(H,24,27). The van der Waals surface area contributed by atoms with Gasteiger partial charge in [-0.15, -0.1) is 11.3 Å². The molecule has 1 aromatic heterocycles. The van der Waals surface area contributed by atoms with Crippen LogP contribution in [0.3, 0.4) is 0 Å². The minimum atomic E-state index is -0.298. The maximum atomic E-state index is 13.0. The summed E-state index contributed by atoms with van der Waals surface area (Å²) in [6.07, 6.45) is 0.138. The first kappa shape index (κ1) is 19.4. The van der Waals surface area contributed by atoms with E-state index in [0.29, 0.717) is 27.8 Å². The number of anilines is 2. The van der Waals surface area contributed by atoms with Crippen molar-refractivity contribution < 1.29 is 9.59 Å². The van der Waals surface area contributed by atoms with Crippen molar-refractivity contribution >= 4 is 57.5 Å². The molecule has 0 saturated heterocycles. The zero-order chi connectivity index (χ0) is 20.4. The van der Waals surface area contributed by atoms with Crippen LogP contribution in [-0.4, -0.2) is 24.1 Å². The van der Waals surface area contributed by atoms with E-state index >= 15 is 0 Å². The van der Waals surface area contributed by atoms with Crippen LogP contribution in [0.4, 0.5) is 17.1 Å². The van der Waals surface area contributed by atoms with E-state index in [2.05, 4.69) is 5.32 Å². The van der Waals surface area contributed by atoms with E-state index in [9.17, 15) is 9.59 Å². The molecule has 0 atom stereocenters. The average molecular weight is 424 g/mol. The van der Waals surface area contributed by atoms with Crippen molar-refractivity contribution in [2.24, 2.45) is 4.99 Å². The molecule has 1 aliphatic heterocycles. The zero-order valence-corrected chi connectivity index (χ0v) is 17.3. The Morgan fingerprint density at radius 3 is 2.79 bits per heavy atom. The van der Waals surface area contributed by atoms with E-state index in [1.807, 2.05) is 54.8 Å². The van der Waals surface area contributed by atoms with Crippen molar-refractivity contribution in [2.75, 3.05) is 16.8 Å². The molecule has 0 spiro atoms. The van der Waals surface area contributed by atoms with E-state index in [-0.39, 0.29) is 24.8 Å². The third-order valence-corrected chi connectivity index (χ3v) is 5.94. The van der Waals surface area contributed by atoms with E-state index < -0.39 is 0 Å². The van der Waals surface area contributed by atoms with Gasteiger partial charge in [0.1, 0.15) is 6.54 Å². The summed E-state index contributed by atoms with van der Waals surface area (Å²) >= 11 is 7.68. The summed E-state index contributed by atoms with van der Waals surface area (Å²) in [6, 6.07) is 16.6. The number of carbonyl (C=O) groups excluding carboxylic acids is 2. The molecule has 0 fully saturated rings. The number of thiophene rings is 1. The van der Waals surface area contributed by atoms with Gasteiger partial charge in [0, 0.05) is 15.6 Å². The van der Waals surface area contributed by atoms with Crippen LogP contribution in [0, 0.1) is 6.92 Å². The summed E-state index contributed by atoms with van der Waals surface area (Å²) < 4.78 is 0. The van der Waals surface area contributed by atoms with Crippen LogP contribution in [0.2, 0.25) is 5.02 Å². The molecule has 0 aliphatic carbocycles. The van der Waals surface area contributed by atoms with Crippen LogP contribution in [0.1, 0.15) is 16.9 Å². The second-order valence-electron chi connectivity index (χ2n) is 6.69. The van der Waals surface area contributed by atoms with Crippen molar-refractivity contribution in [1.29, 1.82) is 0 Å². The number of amides is 2. The van der Waals surface area contributed by atoms with Gasteiger partial charge in [0.25, 0.3) is 0 Å². The minimum absolute atomic E-state index is 0.103. The predicted molar refractivity (Wildman–Crippen MR) is 119 cm³/mol. The van der Waals surface area contributed by atoms with Crippen molar-refractivity contribution in [3.8, 4) is 0 Å². The molecule has 29 heavy (non-hydrogen) atoms. The van der Waals surface area contributed by atoms with Crippen LogP contribution in [0.25, 0.3) is 0 Å². The van der Waals surface area contributed by atoms with Crippen LogP contribution in [0.15, 0.2) is 65.0 Å². The maximum Gasteiger partial charge on any atom is 0.244 e. The van der Waals surface area contributed by atoms with Gasteiger partial charge in [0.15, 0.2) is 0 Å². The van der Waals surface area contributed by atoms with E-state index in [0.717, 1.165) is 10.4 Å². The third kappa shape index (κ3) is 4.23. The van der Waals surface area contributed by atoms with Crippen LogP contribution in [0.5, 0.6) is 0 Å². The number of fused-ring (bicyclic) bond motifs is 1. The molecule has 1 aliphatic rings. The molecule has 0 saturated carbocycles. The SMILES string of the molecule is Cc1ccc(NC(=O)CN2C(=O)CC(c3cccs3)=Nc3ccccc32)cc1Cl. The van der Waals surface area contributed by atoms with Crippen LogP contribution < -0.4 is 10.2 Å². The van der Waals surface area contributed by atoms with Crippen molar-refractivity contribution in [2.45, 2.75) is 13.3 Å². The number of carbonyl (C=O) groups is 2. The Hall–Kier alpha value is -2.96. The Labute approximate surface area is 177 Å². The highest BCUT2D eigenvalue weighted by atomic mass is 35.5. The average Bonchev–Trinajstić information content (AvgIpc) is 3.19. The lowest BCUT2D eigenvalue weighted by atomic mass is 10.2. The molecule has 2 aromatic carbocycles. The van der Waals surface area contributed by atoms with Gasteiger partial charge in [0.2, 0.25) is 11.8 Å². The summed E-state index contributed by atoms with van der Waals surface area (Å²) in [5.41, 5.74) is 3.54. The highest BCUT2D eigenvalue weighted by Gasteiger charge is 2.26. The predicted octanol–water partition coefficient (Wildman–Crippen LogP) is 5.21. The van der Waals surface area contributed by atoms with Gasteiger partial charge in [-0.25, -0.2) is 4.99 Å². The smallest absolute Gasteiger partial charge is 0.244 e. The number of rotatable bonds is 4. The Balaban J connectivity index is 1.59. The largest absolute Gasteiger partial charge is 0.324 e. The lowest BCUT2D eigenvalue weighted by Gasteiger charge is -2.22. The lowest BCUT2D eigenvalue weighted by molar-refractivity contribution is -0.120. The Morgan fingerprint density at radius 2 is 2.03 bits per heavy atom. The fourth-order valence-corrected chi connectivity index (χ4v) is 4.01. The number of halogens is 1. The second-order valence-corrected chi connectivity index (χ2v) is 8.05. The number of aryl methyl sites for hydroxylation is 1.